The highest BCUT2D eigenvalue weighted by Crippen LogP contribution is 2.35. The van der Waals surface area contributed by atoms with Crippen molar-refractivity contribution >= 4 is 57.1 Å². The molecular weight excluding hydrogens is 440 g/mol. The summed E-state index contributed by atoms with van der Waals surface area (Å²) in [6.45, 7) is 0. The van der Waals surface area contributed by atoms with E-state index in [1.54, 1.807) is 0 Å². The van der Waals surface area contributed by atoms with E-state index < -0.39 is 17.8 Å². The summed E-state index contributed by atoms with van der Waals surface area (Å²) in [6.07, 6.45) is 1.19. The van der Waals surface area contributed by atoms with Crippen molar-refractivity contribution in [3.63, 3.8) is 0 Å². The van der Waals surface area contributed by atoms with Crippen molar-refractivity contribution in [1.29, 1.82) is 0 Å². The first kappa shape index (κ1) is 18.9. The number of aromatic hydroxyl groups is 1. The normalized spacial score (nSPS) is 15.9. The molecule has 7 nitrogen and oxygen atoms in total. The second kappa shape index (κ2) is 7.42. The molecule has 138 valence electrons. The number of imide groups is 2. The van der Waals surface area contributed by atoms with Crippen LogP contribution in [0, 0.1) is 0 Å². The van der Waals surface area contributed by atoms with E-state index >= 15 is 0 Å². The molecule has 1 heterocycles. The lowest BCUT2D eigenvalue weighted by molar-refractivity contribution is -0.122. The minimum absolute atomic E-state index is 0.158. The minimum Gasteiger partial charge on any atom is -0.504 e. The van der Waals surface area contributed by atoms with E-state index in [0.717, 1.165) is 4.90 Å². The van der Waals surface area contributed by atoms with Crippen molar-refractivity contribution in [2.24, 2.45) is 0 Å². The van der Waals surface area contributed by atoms with E-state index in [4.69, 9.17) is 16.3 Å². The Morgan fingerprint density at radius 3 is 2.48 bits per heavy atom. The standard InChI is InChI=1S/C18H12BrClN2O5/c1-27-14-8-10(19)6-9(15(14)23)7-13-16(24)21-18(26)22(17(13)25)12-4-2-11(20)3-5-12/h2-8,23H,1H3,(H,21,24,26). The highest BCUT2D eigenvalue weighted by Gasteiger charge is 2.37. The van der Waals surface area contributed by atoms with Gasteiger partial charge in [-0.25, -0.2) is 9.69 Å². The molecule has 0 radical (unpaired) electrons. The largest absolute Gasteiger partial charge is 0.504 e. The number of carbonyl (C=O) groups excluding carboxylic acids is 3. The molecule has 1 aliphatic heterocycles. The van der Waals surface area contributed by atoms with Crippen molar-refractivity contribution in [1.82, 2.24) is 5.32 Å². The van der Waals surface area contributed by atoms with Gasteiger partial charge in [-0.15, -0.1) is 0 Å². The predicted molar refractivity (Wildman–Crippen MR) is 103 cm³/mol. The Balaban J connectivity index is 2.07. The smallest absolute Gasteiger partial charge is 0.335 e. The van der Waals surface area contributed by atoms with Gasteiger partial charge in [0.25, 0.3) is 11.8 Å². The summed E-state index contributed by atoms with van der Waals surface area (Å²) in [5.74, 6) is -1.78. The zero-order valence-electron chi connectivity index (χ0n) is 13.8. The predicted octanol–water partition coefficient (Wildman–Crippen LogP) is 3.48. The number of halogens is 2. The van der Waals surface area contributed by atoms with Crippen LogP contribution in [0.15, 0.2) is 46.4 Å². The van der Waals surface area contributed by atoms with Crippen LogP contribution in [0.5, 0.6) is 11.5 Å². The van der Waals surface area contributed by atoms with Crippen LogP contribution in [0.2, 0.25) is 5.02 Å². The molecule has 0 aromatic heterocycles. The van der Waals surface area contributed by atoms with E-state index in [1.165, 1.54) is 49.6 Å². The van der Waals surface area contributed by atoms with Crippen molar-refractivity contribution in [3.8, 4) is 11.5 Å². The molecule has 27 heavy (non-hydrogen) atoms. The number of anilines is 1. The zero-order chi connectivity index (χ0) is 19.7. The van der Waals surface area contributed by atoms with Gasteiger partial charge in [-0.1, -0.05) is 27.5 Å². The lowest BCUT2D eigenvalue weighted by Gasteiger charge is -2.26. The molecule has 0 spiro atoms. The van der Waals surface area contributed by atoms with Crippen LogP contribution in [0.1, 0.15) is 5.56 Å². The van der Waals surface area contributed by atoms with Crippen LogP contribution in [-0.2, 0) is 9.59 Å². The molecule has 2 aromatic carbocycles. The number of ether oxygens (including phenoxy) is 1. The number of barbiturate groups is 1. The first-order valence-corrected chi connectivity index (χ1v) is 8.72. The number of rotatable bonds is 3. The fourth-order valence-electron chi connectivity index (χ4n) is 2.50. The van der Waals surface area contributed by atoms with Crippen LogP contribution >= 0.6 is 27.5 Å². The van der Waals surface area contributed by atoms with E-state index in [-0.39, 0.29) is 28.3 Å². The van der Waals surface area contributed by atoms with Gasteiger partial charge in [-0.3, -0.25) is 14.9 Å². The molecule has 0 atom stereocenters. The van der Waals surface area contributed by atoms with Gasteiger partial charge in [0.2, 0.25) is 0 Å². The molecule has 0 saturated carbocycles. The highest BCUT2D eigenvalue weighted by atomic mass is 79.9. The van der Waals surface area contributed by atoms with Crippen molar-refractivity contribution in [3.05, 3.63) is 57.0 Å². The van der Waals surface area contributed by atoms with Crippen LogP contribution < -0.4 is 15.0 Å². The zero-order valence-corrected chi connectivity index (χ0v) is 16.2. The average Bonchev–Trinajstić information content (AvgIpc) is 2.62. The molecule has 9 heteroatoms. The molecule has 1 fully saturated rings. The number of phenolic OH excluding ortho intramolecular Hbond substituents is 1. The van der Waals surface area contributed by atoms with Crippen LogP contribution in [0.25, 0.3) is 6.08 Å². The van der Waals surface area contributed by atoms with Crippen molar-refractivity contribution < 1.29 is 24.2 Å². The quantitative estimate of drug-likeness (QED) is 0.550. The Hall–Kier alpha value is -2.84. The monoisotopic (exact) mass is 450 g/mol. The molecule has 2 aromatic rings. The van der Waals surface area contributed by atoms with Gasteiger partial charge in [0.15, 0.2) is 11.5 Å². The number of hydrogen-bond donors (Lipinski definition) is 2. The summed E-state index contributed by atoms with van der Waals surface area (Å²) >= 11 is 9.09. The second-order valence-electron chi connectivity index (χ2n) is 5.48. The number of nitrogens with one attached hydrogen (secondary N) is 1. The van der Waals surface area contributed by atoms with Gasteiger partial charge < -0.3 is 9.84 Å². The number of phenols is 1. The number of nitrogens with zero attached hydrogens (tertiary/aromatic N) is 1. The van der Waals surface area contributed by atoms with Crippen molar-refractivity contribution in [2.45, 2.75) is 0 Å². The number of benzene rings is 2. The fourth-order valence-corrected chi connectivity index (χ4v) is 3.08. The van der Waals surface area contributed by atoms with Gasteiger partial charge >= 0.3 is 6.03 Å². The topological polar surface area (TPSA) is 95.9 Å². The molecule has 1 saturated heterocycles. The molecule has 0 aliphatic carbocycles. The summed E-state index contributed by atoms with van der Waals surface area (Å²) in [7, 11) is 1.37. The number of hydrogen-bond acceptors (Lipinski definition) is 5. The fraction of sp³-hybridized carbons (Fsp3) is 0.0556. The van der Waals surface area contributed by atoms with Gasteiger partial charge in [-0.2, -0.15) is 0 Å². The Kier molecular flexibility index (Phi) is 5.20. The van der Waals surface area contributed by atoms with E-state index in [9.17, 15) is 19.5 Å². The van der Waals surface area contributed by atoms with Crippen LogP contribution in [-0.4, -0.2) is 30.1 Å². The lowest BCUT2D eigenvalue weighted by atomic mass is 10.1. The Labute approximate surface area is 167 Å². The van der Waals surface area contributed by atoms with Crippen molar-refractivity contribution in [2.75, 3.05) is 12.0 Å². The van der Waals surface area contributed by atoms with E-state index in [0.29, 0.717) is 9.50 Å². The van der Waals surface area contributed by atoms with Crippen LogP contribution in [0.3, 0.4) is 0 Å². The first-order chi connectivity index (χ1) is 12.8. The summed E-state index contributed by atoms with van der Waals surface area (Å²) in [4.78, 5) is 38.0. The summed E-state index contributed by atoms with van der Waals surface area (Å²) in [5, 5.41) is 12.8. The third-order valence-electron chi connectivity index (χ3n) is 3.78. The molecule has 0 unspecified atom stereocenters. The third-order valence-corrected chi connectivity index (χ3v) is 4.49. The highest BCUT2D eigenvalue weighted by molar-refractivity contribution is 9.10. The average molecular weight is 452 g/mol. The van der Waals surface area contributed by atoms with Gasteiger partial charge in [0, 0.05) is 15.1 Å². The van der Waals surface area contributed by atoms with Gasteiger partial charge in [-0.05, 0) is 42.5 Å². The Morgan fingerprint density at radius 1 is 1.19 bits per heavy atom. The number of urea groups is 1. The molecule has 1 aliphatic rings. The van der Waals surface area contributed by atoms with Gasteiger partial charge in [0.05, 0.1) is 12.8 Å². The molecule has 3 rings (SSSR count). The first-order valence-electron chi connectivity index (χ1n) is 7.55. The van der Waals surface area contributed by atoms with E-state index in [1.807, 2.05) is 0 Å². The minimum atomic E-state index is -0.875. The number of amides is 4. The Morgan fingerprint density at radius 2 is 1.85 bits per heavy atom. The Bertz CT molecular complexity index is 988. The maximum Gasteiger partial charge on any atom is 0.335 e. The number of carbonyl (C=O) groups is 3. The lowest BCUT2D eigenvalue weighted by Crippen LogP contribution is -2.54. The summed E-state index contributed by atoms with van der Waals surface area (Å²) < 4.78 is 5.62. The number of methoxy groups -OCH3 is 1. The third kappa shape index (κ3) is 3.67. The second-order valence-corrected chi connectivity index (χ2v) is 6.83. The summed E-state index contributed by atoms with van der Waals surface area (Å²) in [6, 6.07) is 8.16. The van der Waals surface area contributed by atoms with E-state index in [2.05, 4.69) is 21.2 Å². The van der Waals surface area contributed by atoms with Gasteiger partial charge in [0.1, 0.15) is 5.57 Å². The molecule has 4 amide bonds. The van der Waals surface area contributed by atoms with Crippen LogP contribution in [0.4, 0.5) is 10.5 Å². The maximum absolute atomic E-state index is 12.8. The SMILES string of the molecule is COc1cc(Br)cc(C=C2C(=O)NC(=O)N(c3ccc(Cl)cc3)C2=O)c1O. The molecular formula is C18H12BrClN2O5. The summed E-state index contributed by atoms with van der Waals surface area (Å²) in [5.41, 5.74) is 0.0986. The molecule has 0 bridgehead atoms. The maximum atomic E-state index is 12.8. The molecule has 2 N–H and O–H groups in total.